The highest BCUT2D eigenvalue weighted by molar-refractivity contribution is 6.31. The molecule has 0 saturated heterocycles. The summed E-state index contributed by atoms with van der Waals surface area (Å²) in [6.07, 6.45) is 0. The number of hydrogen-bond acceptors (Lipinski definition) is 2. The number of phenolic OH excluding ortho intramolecular Hbond substituents is 1. The van der Waals surface area contributed by atoms with Gasteiger partial charge in [0.05, 0.1) is 5.92 Å². The lowest BCUT2D eigenvalue weighted by atomic mass is 9.95. The quantitative estimate of drug-likeness (QED) is 0.818. The molecule has 0 aliphatic carbocycles. The second-order valence-corrected chi connectivity index (χ2v) is 4.01. The molecule has 1 atom stereocenters. The van der Waals surface area contributed by atoms with Crippen molar-refractivity contribution in [1.29, 1.82) is 0 Å². The highest BCUT2D eigenvalue weighted by atomic mass is 35.5. The van der Waals surface area contributed by atoms with E-state index >= 15 is 0 Å². The van der Waals surface area contributed by atoms with Crippen LogP contribution in [0.25, 0.3) is 0 Å². The SMILES string of the molecule is Cc1c(Cl)cc(C(C)C(=O)O)c(O)c1C. The first-order chi connectivity index (χ1) is 6.86. The molecule has 0 bridgehead atoms. The number of carbonyl (C=O) groups is 1. The van der Waals surface area contributed by atoms with E-state index in [0.717, 1.165) is 5.56 Å². The number of aromatic hydroxyl groups is 1. The first kappa shape index (κ1) is 11.9. The van der Waals surface area contributed by atoms with E-state index < -0.39 is 11.9 Å². The molecule has 0 aliphatic heterocycles. The van der Waals surface area contributed by atoms with Gasteiger partial charge in [-0.3, -0.25) is 4.79 Å². The lowest BCUT2D eigenvalue weighted by Crippen LogP contribution is -2.08. The molecule has 1 aromatic carbocycles. The number of carboxylic acids is 1. The third-order valence-electron chi connectivity index (χ3n) is 2.67. The fraction of sp³-hybridized carbons (Fsp3) is 0.364. The van der Waals surface area contributed by atoms with Gasteiger partial charge in [0.15, 0.2) is 0 Å². The predicted molar refractivity (Wildman–Crippen MR) is 58.6 cm³/mol. The summed E-state index contributed by atoms with van der Waals surface area (Å²) in [4.78, 5) is 10.8. The van der Waals surface area contributed by atoms with Crippen LogP contribution in [0.5, 0.6) is 5.75 Å². The van der Waals surface area contributed by atoms with Gasteiger partial charge in [0.25, 0.3) is 0 Å². The molecule has 2 N–H and O–H groups in total. The highest BCUT2D eigenvalue weighted by Gasteiger charge is 2.20. The molecule has 0 amide bonds. The minimum absolute atomic E-state index is 0.0202. The van der Waals surface area contributed by atoms with E-state index in [-0.39, 0.29) is 5.75 Å². The topological polar surface area (TPSA) is 57.5 Å². The van der Waals surface area contributed by atoms with Crippen molar-refractivity contribution in [3.63, 3.8) is 0 Å². The van der Waals surface area contributed by atoms with Crippen molar-refractivity contribution >= 4 is 17.6 Å². The largest absolute Gasteiger partial charge is 0.507 e. The van der Waals surface area contributed by atoms with Crippen LogP contribution < -0.4 is 0 Å². The Morgan fingerprint density at radius 2 is 1.93 bits per heavy atom. The molecule has 82 valence electrons. The third-order valence-corrected chi connectivity index (χ3v) is 3.06. The highest BCUT2D eigenvalue weighted by Crippen LogP contribution is 2.35. The van der Waals surface area contributed by atoms with Crippen LogP contribution >= 0.6 is 11.6 Å². The summed E-state index contributed by atoms with van der Waals surface area (Å²) in [5.41, 5.74) is 1.76. The van der Waals surface area contributed by atoms with Crippen molar-refractivity contribution in [2.45, 2.75) is 26.7 Å². The van der Waals surface area contributed by atoms with Crippen molar-refractivity contribution in [2.24, 2.45) is 0 Å². The molecule has 0 saturated carbocycles. The summed E-state index contributed by atoms with van der Waals surface area (Å²) in [5.74, 6) is -1.72. The van der Waals surface area contributed by atoms with Gasteiger partial charge in [-0.05, 0) is 38.0 Å². The van der Waals surface area contributed by atoms with Gasteiger partial charge in [0.1, 0.15) is 5.75 Å². The number of hydrogen-bond donors (Lipinski definition) is 2. The molecule has 1 unspecified atom stereocenters. The number of carboxylic acid groups (broad SMARTS) is 1. The van der Waals surface area contributed by atoms with Gasteiger partial charge in [-0.25, -0.2) is 0 Å². The van der Waals surface area contributed by atoms with E-state index in [9.17, 15) is 9.90 Å². The normalized spacial score (nSPS) is 12.5. The number of halogens is 1. The zero-order valence-corrected chi connectivity index (χ0v) is 9.59. The molecule has 0 aliphatic rings. The minimum atomic E-state index is -0.982. The zero-order chi connectivity index (χ0) is 11.7. The van der Waals surface area contributed by atoms with E-state index in [0.29, 0.717) is 16.1 Å². The summed E-state index contributed by atoms with van der Waals surface area (Å²) in [5, 5.41) is 19.1. The first-order valence-electron chi connectivity index (χ1n) is 4.57. The molecule has 4 heteroatoms. The number of benzene rings is 1. The Morgan fingerprint density at radius 3 is 2.40 bits per heavy atom. The van der Waals surface area contributed by atoms with Crippen LogP contribution in [0, 0.1) is 13.8 Å². The van der Waals surface area contributed by atoms with Crippen LogP contribution in [0.1, 0.15) is 29.5 Å². The maximum Gasteiger partial charge on any atom is 0.310 e. The lowest BCUT2D eigenvalue weighted by Gasteiger charge is -2.14. The average Bonchev–Trinajstić information content (AvgIpc) is 2.19. The van der Waals surface area contributed by atoms with E-state index in [2.05, 4.69) is 0 Å². The Labute approximate surface area is 93.3 Å². The van der Waals surface area contributed by atoms with Crippen molar-refractivity contribution in [1.82, 2.24) is 0 Å². The Morgan fingerprint density at radius 1 is 1.40 bits per heavy atom. The van der Waals surface area contributed by atoms with Crippen LogP contribution in [-0.2, 0) is 4.79 Å². The Hall–Kier alpha value is -1.22. The molecule has 1 rings (SSSR count). The van der Waals surface area contributed by atoms with Crippen molar-refractivity contribution in [3.8, 4) is 5.75 Å². The fourth-order valence-electron chi connectivity index (χ4n) is 1.35. The maximum absolute atomic E-state index is 10.8. The van der Waals surface area contributed by atoms with E-state index in [1.165, 1.54) is 13.0 Å². The van der Waals surface area contributed by atoms with Gasteiger partial charge in [-0.2, -0.15) is 0 Å². The van der Waals surface area contributed by atoms with E-state index in [1.54, 1.807) is 13.8 Å². The fourth-order valence-corrected chi connectivity index (χ4v) is 1.61. The van der Waals surface area contributed by atoms with Crippen LogP contribution in [0.3, 0.4) is 0 Å². The number of rotatable bonds is 2. The Bertz CT molecular complexity index is 413. The molecular weight excluding hydrogens is 216 g/mol. The Kier molecular flexibility index (Phi) is 3.25. The van der Waals surface area contributed by atoms with Gasteiger partial charge in [0.2, 0.25) is 0 Å². The number of phenols is 1. The standard InChI is InChI=1S/C11H13ClO3/c1-5-6(2)10(13)8(4-9(5)12)7(3)11(14)15/h4,7,13H,1-3H3,(H,14,15). The van der Waals surface area contributed by atoms with Crippen LogP contribution in [0.2, 0.25) is 5.02 Å². The Balaban J connectivity index is 3.38. The second-order valence-electron chi connectivity index (χ2n) is 3.61. The van der Waals surface area contributed by atoms with E-state index in [4.69, 9.17) is 16.7 Å². The summed E-state index contributed by atoms with van der Waals surface area (Å²) >= 11 is 5.94. The minimum Gasteiger partial charge on any atom is -0.507 e. The van der Waals surface area contributed by atoms with E-state index in [1.807, 2.05) is 0 Å². The first-order valence-corrected chi connectivity index (χ1v) is 4.95. The number of aliphatic carboxylic acids is 1. The monoisotopic (exact) mass is 228 g/mol. The van der Waals surface area contributed by atoms with Gasteiger partial charge in [0, 0.05) is 10.6 Å². The predicted octanol–water partition coefficient (Wildman–Crippen LogP) is 2.85. The molecule has 0 heterocycles. The van der Waals surface area contributed by atoms with Gasteiger partial charge >= 0.3 is 5.97 Å². The molecule has 0 radical (unpaired) electrons. The zero-order valence-electron chi connectivity index (χ0n) is 8.84. The molecule has 1 aromatic rings. The summed E-state index contributed by atoms with van der Waals surface area (Å²) < 4.78 is 0. The van der Waals surface area contributed by atoms with Gasteiger partial charge in [-0.15, -0.1) is 0 Å². The van der Waals surface area contributed by atoms with Crippen LogP contribution in [0.15, 0.2) is 6.07 Å². The van der Waals surface area contributed by atoms with Crippen LogP contribution in [-0.4, -0.2) is 16.2 Å². The maximum atomic E-state index is 10.8. The summed E-state index contributed by atoms with van der Waals surface area (Å²) in [7, 11) is 0. The second kappa shape index (κ2) is 4.11. The molecule has 0 spiro atoms. The van der Waals surface area contributed by atoms with Crippen molar-refractivity contribution < 1.29 is 15.0 Å². The van der Waals surface area contributed by atoms with Crippen molar-refractivity contribution in [3.05, 3.63) is 27.8 Å². The summed E-state index contributed by atoms with van der Waals surface area (Å²) in [6.45, 7) is 5.02. The molecule has 15 heavy (non-hydrogen) atoms. The molecular formula is C11H13ClO3. The molecule has 0 fully saturated rings. The molecule has 0 aromatic heterocycles. The average molecular weight is 229 g/mol. The smallest absolute Gasteiger partial charge is 0.310 e. The van der Waals surface area contributed by atoms with Gasteiger partial charge in [-0.1, -0.05) is 11.6 Å². The lowest BCUT2D eigenvalue weighted by molar-refractivity contribution is -0.138. The third kappa shape index (κ3) is 2.07. The summed E-state index contributed by atoms with van der Waals surface area (Å²) in [6, 6.07) is 1.51. The van der Waals surface area contributed by atoms with Crippen molar-refractivity contribution in [2.75, 3.05) is 0 Å². The molecule has 3 nitrogen and oxygen atoms in total. The van der Waals surface area contributed by atoms with Gasteiger partial charge < -0.3 is 10.2 Å². The van der Waals surface area contributed by atoms with Crippen LogP contribution in [0.4, 0.5) is 0 Å².